The maximum atomic E-state index is 14.5. The van der Waals surface area contributed by atoms with Gasteiger partial charge in [0.15, 0.2) is 17.4 Å². The molecule has 1 saturated carbocycles. The van der Waals surface area contributed by atoms with Crippen LogP contribution in [0.2, 0.25) is 0 Å². The standard InChI is InChI=1S/C25H23F2N5O2/c1-31-5-7-32(8-6-31)25(33)18-10-16(18)14-9-17-19(12-29-24(17)28-11-14)23-20(13-30-34-23)15-3-2-4-21(26)22(15)27/h2-4,9,11-13,16,18H,5-8,10H2,1H3,(H,28,29)/t16-,18+/m1/s1. The smallest absolute Gasteiger partial charge is 0.226 e. The Balaban J connectivity index is 1.31. The monoisotopic (exact) mass is 463 g/mol. The van der Waals surface area contributed by atoms with Crippen molar-refractivity contribution in [1.82, 2.24) is 24.9 Å². The molecule has 2 aliphatic rings. The molecule has 1 aliphatic heterocycles. The Morgan fingerprint density at radius 3 is 2.76 bits per heavy atom. The zero-order chi connectivity index (χ0) is 23.4. The van der Waals surface area contributed by atoms with E-state index in [4.69, 9.17) is 4.52 Å². The summed E-state index contributed by atoms with van der Waals surface area (Å²) in [6, 6.07) is 6.02. The Morgan fingerprint density at radius 2 is 1.94 bits per heavy atom. The molecule has 34 heavy (non-hydrogen) atoms. The first-order valence-corrected chi connectivity index (χ1v) is 11.3. The highest BCUT2D eigenvalue weighted by Crippen LogP contribution is 2.49. The van der Waals surface area contributed by atoms with Gasteiger partial charge in [0.05, 0.1) is 11.8 Å². The van der Waals surface area contributed by atoms with Crippen LogP contribution >= 0.6 is 0 Å². The Bertz CT molecular complexity index is 1390. The number of nitrogens with zero attached hydrogens (tertiary/aromatic N) is 4. The minimum atomic E-state index is -0.950. The fourth-order valence-electron chi connectivity index (χ4n) is 4.85. The summed E-state index contributed by atoms with van der Waals surface area (Å²) in [5, 5.41) is 4.62. The molecule has 2 atom stereocenters. The van der Waals surface area contributed by atoms with Crippen LogP contribution in [0, 0.1) is 17.6 Å². The van der Waals surface area contributed by atoms with Crippen LogP contribution in [0.15, 0.2) is 47.4 Å². The molecule has 1 amide bonds. The first-order chi connectivity index (χ1) is 16.5. The second-order valence-electron chi connectivity index (χ2n) is 9.11. The van der Waals surface area contributed by atoms with Crippen LogP contribution in [-0.2, 0) is 4.79 Å². The summed E-state index contributed by atoms with van der Waals surface area (Å²) in [6.45, 7) is 3.33. The first-order valence-electron chi connectivity index (χ1n) is 11.3. The number of likely N-dealkylation sites (N-methyl/N-ethyl adjacent to an activating group) is 1. The van der Waals surface area contributed by atoms with Crippen molar-refractivity contribution in [3.05, 3.63) is 60.1 Å². The highest BCUT2D eigenvalue weighted by molar-refractivity contribution is 5.96. The molecular formula is C25H23F2N5O2. The van der Waals surface area contributed by atoms with Crippen molar-refractivity contribution in [2.24, 2.45) is 5.92 Å². The number of hydrogen-bond donors (Lipinski definition) is 1. The summed E-state index contributed by atoms with van der Waals surface area (Å²) in [6.07, 6.45) is 5.72. The summed E-state index contributed by atoms with van der Waals surface area (Å²) >= 11 is 0. The number of benzene rings is 1. The molecule has 9 heteroatoms. The van der Waals surface area contributed by atoms with Gasteiger partial charge >= 0.3 is 0 Å². The minimum Gasteiger partial charge on any atom is -0.356 e. The van der Waals surface area contributed by atoms with Crippen LogP contribution in [0.1, 0.15) is 17.9 Å². The Kier molecular flexibility index (Phi) is 4.95. The second kappa shape index (κ2) is 8.02. The number of carbonyl (C=O) groups is 1. The summed E-state index contributed by atoms with van der Waals surface area (Å²) in [7, 11) is 2.07. The summed E-state index contributed by atoms with van der Waals surface area (Å²) in [5.74, 6) is -1.23. The van der Waals surface area contributed by atoms with Gasteiger partial charge in [0.2, 0.25) is 5.91 Å². The number of fused-ring (bicyclic) bond motifs is 1. The zero-order valence-corrected chi connectivity index (χ0v) is 18.6. The molecule has 174 valence electrons. The highest BCUT2D eigenvalue weighted by atomic mass is 19.2. The van der Waals surface area contributed by atoms with Crippen molar-refractivity contribution in [2.75, 3.05) is 33.2 Å². The third kappa shape index (κ3) is 3.47. The zero-order valence-electron chi connectivity index (χ0n) is 18.6. The van der Waals surface area contributed by atoms with E-state index < -0.39 is 11.6 Å². The molecule has 1 aromatic carbocycles. The predicted molar refractivity (Wildman–Crippen MR) is 122 cm³/mol. The van der Waals surface area contributed by atoms with Crippen LogP contribution in [0.3, 0.4) is 0 Å². The number of pyridine rings is 1. The topological polar surface area (TPSA) is 78.3 Å². The molecule has 0 unspecified atom stereocenters. The average molecular weight is 463 g/mol. The van der Waals surface area contributed by atoms with E-state index in [1.54, 1.807) is 12.4 Å². The van der Waals surface area contributed by atoms with Crippen molar-refractivity contribution in [3.63, 3.8) is 0 Å². The molecule has 1 aliphatic carbocycles. The van der Waals surface area contributed by atoms with Crippen LogP contribution in [-0.4, -0.2) is 64.1 Å². The van der Waals surface area contributed by atoms with Gasteiger partial charge in [-0.1, -0.05) is 17.3 Å². The van der Waals surface area contributed by atoms with E-state index in [0.29, 0.717) is 22.5 Å². The van der Waals surface area contributed by atoms with Crippen LogP contribution in [0.25, 0.3) is 33.5 Å². The van der Waals surface area contributed by atoms with Crippen LogP contribution < -0.4 is 0 Å². The van der Waals surface area contributed by atoms with Crippen molar-refractivity contribution in [3.8, 4) is 22.5 Å². The summed E-state index contributed by atoms with van der Waals surface area (Å²) in [5.41, 5.74) is 2.72. The van der Waals surface area contributed by atoms with E-state index >= 15 is 0 Å². The third-order valence-corrected chi connectivity index (χ3v) is 6.96. The van der Waals surface area contributed by atoms with E-state index in [-0.39, 0.29) is 23.3 Å². The van der Waals surface area contributed by atoms with E-state index in [0.717, 1.165) is 49.6 Å². The largest absolute Gasteiger partial charge is 0.356 e. The molecule has 1 saturated heterocycles. The maximum Gasteiger partial charge on any atom is 0.226 e. The number of piperazine rings is 1. The molecule has 0 spiro atoms. The first kappa shape index (κ1) is 21.0. The fourth-order valence-corrected chi connectivity index (χ4v) is 4.85. The Labute approximate surface area is 194 Å². The number of carbonyl (C=O) groups excluding carboxylic acids is 1. The minimum absolute atomic E-state index is 0.0210. The lowest BCUT2D eigenvalue weighted by Crippen LogP contribution is -2.47. The molecule has 0 radical (unpaired) electrons. The molecule has 1 N–H and O–H groups in total. The lowest BCUT2D eigenvalue weighted by atomic mass is 10.0. The number of aromatic nitrogens is 3. The van der Waals surface area contributed by atoms with Gasteiger partial charge in [0.25, 0.3) is 0 Å². The number of halogens is 2. The van der Waals surface area contributed by atoms with E-state index in [1.165, 1.54) is 18.3 Å². The predicted octanol–water partition coefficient (Wildman–Crippen LogP) is 4.04. The van der Waals surface area contributed by atoms with Gasteiger partial charge in [-0.2, -0.15) is 0 Å². The van der Waals surface area contributed by atoms with Gasteiger partial charge < -0.3 is 19.3 Å². The maximum absolute atomic E-state index is 14.5. The van der Waals surface area contributed by atoms with E-state index in [9.17, 15) is 13.6 Å². The second-order valence-corrected chi connectivity index (χ2v) is 9.11. The summed E-state index contributed by atoms with van der Waals surface area (Å²) < 4.78 is 33.8. The van der Waals surface area contributed by atoms with Crippen molar-refractivity contribution in [2.45, 2.75) is 12.3 Å². The molecule has 4 heterocycles. The number of amides is 1. The molecular weight excluding hydrogens is 440 g/mol. The SMILES string of the molecule is CN1CCN(C(=O)[C@H]2C[C@@H]2c2cnc3[nH]cc(-c4oncc4-c4cccc(F)c4F)c3c2)CC1. The number of aromatic amines is 1. The van der Waals surface area contributed by atoms with Crippen LogP contribution in [0.5, 0.6) is 0 Å². The number of hydrogen-bond acceptors (Lipinski definition) is 5. The fraction of sp³-hybridized carbons (Fsp3) is 0.320. The van der Waals surface area contributed by atoms with E-state index in [1.807, 2.05) is 11.0 Å². The van der Waals surface area contributed by atoms with Gasteiger partial charge in [0, 0.05) is 61.0 Å². The number of rotatable bonds is 4. The molecule has 0 bridgehead atoms. The van der Waals surface area contributed by atoms with Gasteiger partial charge in [-0.15, -0.1) is 0 Å². The van der Waals surface area contributed by atoms with Gasteiger partial charge in [-0.05, 0) is 37.1 Å². The Hall–Kier alpha value is -3.59. The molecule has 2 fully saturated rings. The van der Waals surface area contributed by atoms with Crippen molar-refractivity contribution < 1.29 is 18.1 Å². The van der Waals surface area contributed by atoms with Crippen molar-refractivity contribution >= 4 is 16.9 Å². The normalized spacial score (nSPS) is 20.7. The molecule has 6 rings (SSSR count). The average Bonchev–Trinajstić information content (AvgIpc) is 3.31. The van der Waals surface area contributed by atoms with Gasteiger partial charge in [0.1, 0.15) is 5.65 Å². The van der Waals surface area contributed by atoms with Crippen molar-refractivity contribution in [1.29, 1.82) is 0 Å². The summed E-state index contributed by atoms with van der Waals surface area (Å²) in [4.78, 5) is 24.8. The molecule has 4 aromatic rings. The van der Waals surface area contributed by atoms with Gasteiger partial charge in [-0.25, -0.2) is 13.8 Å². The number of H-pyrrole nitrogens is 1. The van der Waals surface area contributed by atoms with Gasteiger partial charge in [-0.3, -0.25) is 4.79 Å². The van der Waals surface area contributed by atoms with E-state index in [2.05, 4.69) is 27.1 Å². The third-order valence-electron chi connectivity index (χ3n) is 6.96. The lowest BCUT2D eigenvalue weighted by Gasteiger charge is -2.32. The quantitative estimate of drug-likeness (QED) is 0.494. The lowest BCUT2D eigenvalue weighted by molar-refractivity contribution is -0.134. The highest BCUT2D eigenvalue weighted by Gasteiger charge is 2.46. The number of nitrogens with one attached hydrogen (secondary N) is 1. The molecule has 7 nitrogen and oxygen atoms in total. The molecule has 3 aromatic heterocycles. The van der Waals surface area contributed by atoms with Crippen LogP contribution in [0.4, 0.5) is 8.78 Å². The Morgan fingerprint density at radius 1 is 1.12 bits per heavy atom.